The lowest BCUT2D eigenvalue weighted by molar-refractivity contribution is 0.925. The van der Waals surface area contributed by atoms with Crippen LogP contribution in [-0.2, 0) is 0 Å². The van der Waals surface area contributed by atoms with Crippen LogP contribution in [0.4, 0.5) is 0 Å². The van der Waals surface area contributed by atoms with Gasteiger partial charge in [0.2, 0.25) is 0 Å². The molecule has 0 saturated heterocycles. The summed E-state index contributed by atoms with van der Waals surface area (Å²) in [5.41, 5.74) is 0. The Kier molecular flexibility index (Phi) is 4.43. The van der Waals surface area contributed by atoms with Crippen molar-refractivity contribution in [3.8, 4) is 0 Å². The van der Waals surface area contributed by atoms with Crippen LogP contribution in [0.1, 0.15) is 19.8 Å². The van der Waals surface area contributed by atoms with Crippen molar-refractivity contribution in [1.29, 1.82) is 0 Å². The van der Waals surface area contributed by atoms with Crippen LogP contribution in [-0.4, -0.2) is 30.4 Å². The number of hydrogen-bond donors (Lipinski definition) is 1. The molecular formula is C8H16N2S. The van der Waals surface area contributed by atoms with Crippen molar-refractivity contribution in [2.24, 2.45) is 4.99 Å². The first-order chi connectivity index (χ1) is 5.43. The lowest BCUT2D eigenvalue weighted by Crippen LogP contribution is -2.23. The average Bonchev–Trinajstić information content (AvgIpc) is 2.50. The summed E-state index contributed by atoms with van der Waals surface area (Å²) in [5.74, 6) is 3.64. The molecule has 0 fully saturated rings. The van der Waals surface area contributed by atoms with E-state index in [1.807, 2.05) is 11.8 Å². The summed E-state index contributed by atoms with van der Waals surface area (Å²) >= 11 is 1.97. The molecule has 0 bridgehead atoms. The van der Waals surface area contributed by atoms with E-state index in [2.05, 4.69) is 17.2 Å². The van der Waals surface area contributed by atoms with Gasteiger partial charge in [-0.1, -0.05) is 6.92 Å². The molecule has 0 aliphatic carbocycles. The molecule has 1 N–H and O–H groups in total. The van der Waals surface area contributed by atoms with Gasteiger partial charge in [0.05, 0.1) is 5.84 Å². The van der Waals surface area contributed by atoms with Crippen LogP contribution in [0.2, 0.25) is 0 Å². The van der Waals surface area contributed by atoms with Gasteiger partial charge in [-0.25, -0.2) is 0 Å². The molecule has 0 atom stereocenters. The minimum absolute atomic E-state index is 1.03. The Hall–Kier alpha value is -0.180. The van der Waals surface area contributed by atoms with Gasteiger partial charge in [0, 0.05) is 25.3 Å². The average molecular weight is 172 g/mol. The second-order valence-corrected chi connectivity index (χ2v) is 3.95. The third kappa shape index (κ3) is 3.65. The molecule has 0 aromatic carbocycles. The molecule has 11 heavy (non-hydrogen) atoms. The Balaban J connectivity index is 1.94. The monoisotopic (exact) mass is 172 g/mol. The van der Waals surface area contributed by atoms with Crippen LogP contribution >= 0.6 is 11.8 Å². The molecule has 64 valence electrons. The number of thioether (sulfide) groups is 1. The van der Waals surface area contributed by atoms with Gasteiger partial charge in [-0.05, 0) is 12.2 Å². The molecule has 0 radical (unpaired) electrons. The second kappa shape index (κ2) is 5.47. The first-order valence-electron chi connectivity index (χ1n) is 4.28. The lowest BCUT2D eigenvalue weighted by atomic mass is 10.3. The maximum absolute atomic E-state index is 4.33. The normalized spacial score (nSPS) is 16.6. The third-order valence-electron chi connectivity index (χ3n) is 1.65. The van der Waals surface area contributed by atoms with Gasteiger partial charge in [-0.2, -0.15) is 11.8 Å². The third-order valence-corrected chi connectivity index (χ3v) is 2.55. The van der Waals surface area contributed by atoms with Crippen molar-refractivity contribution in [3.05, 3.63) is 0 Å². The fourth-order valence-electron chi connectivity index (χ4n) is 1.10. The summed E-state index contributed by atoms with van der Waals surface area (Å²) in [7, 11) is 0. The van der Waals surface area contributed by atoms with Crippen molar-refractivity contribution in [2.75, 3.05) is 24.6 Å². The maximum Gasteiger partial charge on any atom is 0.0963 e. The van der Waals surface area contributed by atoms with Crippen molar-refractivity contribution in [1.82, 2.24) is 5.32 Å². The molecule has 0 saturated carbocycles. The highest BCUT2D eigenvalue weighted by molar-refractivity contribution is 7.99. The Morgan fingerprint density at radius 3 is 3.18 bits per heavy atom. The Labute approximate surface area is 72.9 Å². The molecule has 0 aromatic rings. The van der Waals surface area contributed by atoms with Gasteiger partial charge >= 0.3 is 0 Å². The fourth-order valence-corrected chi connectivity index (χ4v) is 1.63. The molecule has 2 nitrogen and oxygen atoms in total. The zero-order valence-corrected chi connectivity index (χ0v) is 7.91. The first kappa shape index (κ1) is 8.91. The molecule has 0 amide bonds. The molecule has 0 spiro atoms. The van der Waals surface area contributed by atoms with Crippen LogP contribution in [0.3, 0.4) is 0 Å². The Bertz CT molecular complexity index is 134. The standard InChI is InChI=1S/C8H16N2S/c1-2-11-7-6-10-8-4-3-5-9-8/h2-7H2,1H3,(H,9,10). The SMILES string of the molecule is CCSCCNC1=NCCC1. The molecule has 3 heteroatoms. The Morgan fingerprint density at radius 2 is 2.55 bits per heavy atom. The van der Waals surface area contributed by atoms with Crippen LogP contribution in [0.25, 0.3) is 0 Å². The first-order valence-corrected chi connectivity index (χ1v) is 5.44. The molecule has 1 aliphatic heterocycles. The molecule has 1 rings (SSSR count). The predicted octanol–water partition coefficient (Wildman–Crippen LogP) is 1.52. The molecular weight excluding hydrogens is 156 g/mol. The number of hydrogen-bond acceptors (Lipinski definition) is 3. The van der Waals surface area contributed by atoms with E-state index >= 15 is 0 Å². The highest BCUT2D eigenvalue weighted by Crippen LogP contribution is 2.01. The number of rotatable bonds is 4. The zero-order valence-electron chi connectivity index (χ0n) is 7.10. The van der Waals surface area contributed by atoms with Crippen LogP contribution in [0, 0.1) is 0 Å². The van der Waals surface area contributed by atoms with E-state index < -0.39 is 0 Å². The van der Waals surface area contributed by atoms with E-state index in [9.17, 15) is 0 Å². The van der Waals surface area contributed by atoms with Crippen molar-refractivity contribution >= 4 is 17.6 Å². The fraction of sp³-hybridized carbons (Fsp3) is 0.875. The summed E-state index contributed by atoms with van der Waals surface area (Å²) in [4.78, 5) is 4.33. The van der Waals surface area contributed by atoms with Crippen molar-refractivity contribution in [2.45, 2.75) is 19.8 Å². The van der Waals surface area contributed by atoms with Crippen LogP contribution in [0.15, 0.2) is 4.99 Å². The lowest BCUT2D eigenvalue weighted by Gasteiger charge is -2.03. The van der Waals surface area contributed by atoms with Crippen LogP contribution in [0.5, 0.6) is 0 Å². The topological polar surface area (TPSA) is 24.4 Å². The summed E-state index contributed by atoms with van der Waals surface area (Å²) in [6.07, 6.45) is 2.40. The minimum atomic E-state index is 1.03. The van der Waals surface area contributed by atoms with Crippen molar-refractivity contribution < 1.29 is 0 Å². The molecule has 0 unspecified atom stereocenters. The van der Waals surface area contributed by atoms with Crippen LogP contribution < -0.4 is 5.32 Å². The highest BCUT2D eigenvalue weighted by Gasteiger charge is 2.03. The van der Waals surface area contributed by atoms with E-state index in [0.717, 1.165) is 19.5 Å². The molecule has 1 aliphatic rings. The van der Waals surface area contributed by atoms with E-state index in [0.29, 0.717) is 0 Å². The number of aliphatic imine (C=N–C) groups is 1. The van der Waals surface area contributed by atoms with E-state index in [-0.39, 0.29) is 0 Å². The summed E-state index contributed by atoms with van der Waals surface area (Å²) in [6, 6.07) is 0. The second-order valence-electron chi connectivity index (χ2n) is 2.56. The summed E-state index contributed by atoms with van der Waals surface area (Å²) < 4.78 is 0. The number of nitrogens with zero attached hydrogens (tertiary/aromatic N) is 1. The highest BCUT2D eigenvalue weighted by atomic mass is 32.2. The maximum atomic E-state index is 4.33. The van der Waals surface area contributed by atoms with E-state index in [1.54, 1.807) is 0 Å². The molecule has 0 aromatic heterocycles. The van der Waals surface area contributed by atoms with Crippen molar-refractivity contribution in [3.63, 3.8) is 0 Å². The van der Waals surface area contributed by atoms with Gasteiger partial charge in [0.25, 0.3) is 0 Å². The van der Waals surface area contributed by atoms with E-state index in [4.69, 9.17) is 0 Å². The largest absolute Gasteiger partial charge is 0.373 e. The number of nitrogens with one attached hydrogen (secondary N) is 1. The van der Waals surface area contributed by atoms with E-state index in [1.165, 1.54) is 23.8 Å². The van der Waals surface area contributed by atoms with Gasteiger partial charge < -0.3 is 5.32 Å². The van der Waals surface area contributed by atoms with Gasteiger partial charge in [0.15, 0.2) is 0 Å². The van der Waals surface area contributed by atoms with Gasteiger partial charge in [0.1, 0.15) is 0 Å². The van der Waals surface area contributed by atoms with Gasteiger partial charge in [-0.15, -0.1) is 0 Å². The quantitative estimate of drug-likeness (QED) is 0.650. The summed E-state index contributed by atoms with van der Waals surface area (Å²) in [5, 5.41) is 3.35. The van der Waals surface area contributed by atoms with Gasteiger partial charge in [-0.3, -0.25) is 4.99 Å². The zero-order chi connectivity index (χ0) is 7.94. The molecule has 1 heterocycles. The summed E-state index contributed by atoms with van der Waals surface area (Å²) in [6.45, 7) is 4.30. The predicted molar refractivity (Wildman–Crippen MR) is 52.5 cm³/mol. The Morgan fingerprint density at radius 1 is 1.64 bits per heavy atom. The number of amidine groups is 1. The smallest absolute Gasteiger partial charge is 0.0963 e. The minimum Gasteiger partial charge on any atom is -0.373 e.